The standard InChI is InChI=1S/C9H17NO2/c1-7(2)6-10-8(3)4-5-9(11)12/h8,10H,1,4-6H2,2-3H3,(H,11,12). The van der Waals surface area contributed by atoms with Crippen molar-refractivity contribution in [3.05, 3.63) is 12.2 Å². The molecule has 12 heavy (non-hydrogen) atoms. The van der Waals surface area contributed by atoms with Crippen LogP contribution in [0.15, 0.2) is 12.2 Å². The summed E-state index contributed by atoms with van der Waals surface area (Å²) in [6.45, 7) is 8.43. The van der Waals surface area contributed by atoms with Crippen molar-refractivity contribution in [1.29, 1.82) is 0 Å². The maximum absolute atomic E-state index is 10.2. The van der Waals surface area contributed by atoms with Crippen LogP contribution in [-0.4, -0.2) is 23.7 Å². The third kappa shape index (κ3) is 7.28. The Bertz CT molecular complexity index is 148. The average Bonchev–Trinajstić information content (AvgIpc) is 1.96. The molecule has 0 aromatic rings. The predicted molar refractivity (Wildman–Crippen MR) is 49.1 cm³/mol. The Morgan fingerprint density at radius 1 is 1.67 bits per heavy atom. The van der Waals surface area contributed by atoms with Crippen molar-refractivity contribution in [3.8, 4) is 0 Å². The van der Waals surface area contributed by atoms with E-state index in [9.17, 15) is 4.79 Å². The second-order valence-corrected chi connectivity index (χ2v) is 3.17. The van der Waals surface area contributed by atoms with Crippen LogP contribution < -0.4 is 5.32 Å². The van der Waals surface area contributed by atoms with Gasteiger partial charge in [-0.05, 0) is 20.3 Å². The zero-order valence-electron chi connectivity index (χ0n) is 7.76. The molecule has 0 fully saturated rings. The van der Waals surface area contributed by atoms with Crippen LogP contribution in [0, 0.1) is 0 Å². The number of aliphatic carboxylic acids is 1. The Hall–Kier alpha value is -0.830. The highest BCUT2D eigenvalue weighted by Crippen LogP contribution is 1.96. The zero-order chi connectivity index (χ0) is 9.56. The van der Waals surface area contributed by atoms with Gasteiger partial charge in [0.2, 0.25) is 0 Å². The van der Waals surface area contributed by atoms with E-state index in [1.54, 1.807) is 0 Å². The lowest BCUT2D eigenvalue weighted by Gasteiger charge is -2.11. The Morgan fingerprint density at radius 2 is 2.25 bits per heavy atom. The molecule has 0 aromatic carbocycles. The molecule has 0 aliphatic rings. The first-order valence-corrected chi connectivity index (χ1v) is 4.12. The van der Waals surface area contributed by atoms with Crippen LogP contribution in [0.4, 0.5) is 0 Å². The molecular weight excluding hydrogens is 154 g/mol. The minimum absolute atomic E-state index is 0.227. The Balaban J connectivity index is 3.39. The molecule has 0 heterocycles. The highest BCUT2D eigenvalue weighted by molar-refractivity contribution is 5.66. The highest BCUT2D eigenvalue weighted by atomic mass is 16.4. The summed E-state index contributed by atoms with van der Waals surface area (Å²) in [6, 6.07) is 0.248. The van der Waals surface area contributed by atoms with E-state index in [4.69, 9.17) is 5.11 Å². The molecule has 0 rings (SSSR count). The third-order valence-electron chi connectivity index (χ3n) is 1.54. The maximum atomic E-state index is 10.2. The summed E-state index contributed by atoms with van der Waals surface area (Å²) < 4.78 is 0. The van der Waals surface area contributed by atoms with Crippen molar-refractivity contribution in [2.75, 3.05) is 6.54 Å². The third-order valence-corrected chi connectivity index (χ3v) is 1.54. The molecule has 0 spiro atoms. The molecule has 70 valence electrons. The first-order chi connectivity index (χ1) is 5.52. The Kier molecular flexibility index (Phi) is 5.37. The van der Waals surface area contributed by atoms with E-state index in [0.29, 0.717) is 6.42 Å². The van der Waals surface area contributed by atoms with Crippen molar-refractivity contribution in [1.82, 2.24) is 5.32 Å². The summed E-state index contributed by atoms with van der Waals surface area (Å²) in [5.74, 6) is -0.737. The number of hydrogen-bond acceptors (Lipinski definition) is 2. The van der Waals surface area contributed by atoms with Gasteiger partial charge in [0.05, 0.1) is 0 Å². The van der Waals surface area contributed by atoms with Crippen LogP contribution in [0.1, 0.15) is 26.7 Å². The van der Waals surface area contributed by atoms with Gasteiger partial charge in [-0.3, -0.25) is 4.79 Å². The second kappa shape index (κ2) is 5.77. The highest BCUT2D eigenvalue weighted by Gasteiger charge is 2.03. The van der Waals surface area contributed by atoms with Gasteiger partial charge in [0.15, 0.2) is 0 Å². The molecule has 2 N–H and O–H groups in total. The summed E-state index contributed by atoms with van der Waals surface area (Å²) in [5.41, 5.74) is 1.07. The molecule has 0 saturated carbocycles. The minimum atomic E-state index is -0.737. The van der Waals surface area contributed by atoms with Crippen LogP contribution in [0.25, 0.3) is 0 Å². The number of rotatable bonds is 6. The Morgan fingerprint density at radius 3 is 2.67 bits per heavy atom. The number of carbonyl (C=O) groups is 1. The van der Waals surface area contributed by atoms with Crippen molar-refractivity contribution >= 4 is 5.97 Å². The molecule has 1 atom stereocenters. The van der Waals surface area contributed by atoms with E-state index >= 15 is 0 Å². The van der Waals surface area contributed by atoms with Gasteiger partial charge in [-0.15, -0.1) is 0 Å². The molecule has 3 heteroatoms. The van der Waals surface area contributed by atoms with Gasteiger partial charge in [0, 0.05) is 19.0 Å². The molecule has 0 aliphatic carbocycles. The van der Waals surface area contributed by atoms with Crippen LogP contribution >= 0.6 is 0 Å². The fraction of sp³-hybridized carbons (Fsp3) is 0.667. The smallest absolute Gasteiger partial charge is 0.303 e. The van der Waals surface area contributed by atoms with Gasteiger partial charge in [0.25, 0.3) is 0 Å². The monoisotopic (exact) mass is 171 g/mol. The number of carboxylic acid groups (broad SMARTS) is 1. The van der Waals surface area contributed by atoms with E-state index < -0.39 is 5.97 Å². The molecular formula is C9H17NO2. The lowest BCUT2D eigenvalue weighted by Crippen LogP contribution is -2.27. The first-order valence-electron chi connectivity index (χ1n) is 4.12. The van der Waals surface area contributed by atoms with E-state index in [1.165, 1.54) is 0 Å². The number of hydrogen-bond donors (Lipinski definition) is 2. The molecule has 3 nitrogen and oxygen atoms in total. The van der Waals surface area contributed by atoms with Gasteiger partial charge in [-0.2, -0.15) is 0 Å². The van der Waals surface area contributed by atoms with Crippen LogP contribution in [0.2, 0.25) is 0 Å². The zero-order valence-corrected chi connectivity index (χ0v) is 7.76. The summed E-state index contributed by atoms with van der Waals surface area (Å²) in [6.07, 6.45) is 0.896. The van der Waals surface area contributed by atoms with Crippen molar-refractivity contribution in [2.45, 2.75) is 32.7 Å². The topological polar surface area (TPSA) is 49.3 Å². The van der Waals surface area contributed by atoms with Crippen LogP contribution in [-0.2, 0) is 4.79 Å². The average molecular weight is 171 g/mol. The number of nitrogens with one attached hydrogen (secondary N) is 1. The summed E-state index contributed by atoms with van der Waals surface area (Å²) in [5, 5.41) is 11.6. The second-order valence-electron chi connectivity index (χ2n) is 3.17. The van der Waals surface area contributed by atoms with Crippen LogP contribution in [0.5, 0.6) is 0 Å². The maximum Gasteiger partial charge on any atom is 0.303 e. The number of carboxylic acids is 1. The van der Waals surface area contributed by atoms with Gasteiger partial charge in [-0.1, -0.05) is 12.2 Å². The van der Waals surface area contributed by atoms with Gasteiger partial charge in [0.1, 0.15) is 0 Å². The quantitative estimate of drug-likeness (QED) is 0.594. The largest absolute Gasteiger partial charge is 0.481 e. The van der Waals surface area contributed by atoms with Crippen molar-refractivity contribution < 1.29 is 9.90 Å². The summed E-state index contributed by atoms with van der Waals surface area (Å²) in [4.78, 5) is 10.2. The molecule has 0 bridgehead atoms. The fourth-order valence-electron chi connectivity index (χ4n) is 0.791. The SMILES string of the molecule is C=C(C)CNC(C)CCC(=O)O. The van der Waals surface area contributed by atoms with Gasteiger partial charge < -0.3 is 10.4 Å². The van der Waals surface area contributed by atoms with Crippen molar-refractivity contribution in [3.63, 3.8) is 0 Å². The molecule has 0 aliphatic heterocycles. The van der Waals surface area contributed by atoms with Crippen LogP contribution in [0.3, 0.4) is 0 Å². The predicted octanol–water partition coefficient (Wildman–Crippen LogP) is 1.41. The molecule has 0 saturated heterocycles. The summed E-state index contributed by atoms with van der Waals surface area (Å²) >= 11 is 0. The molecule has 0 amide bonds. The van der Waals surface area contributed by atoms with E-state index in [0.717, 1.165) is 12.1 Å². The first kappa shape index (κ1) is 11.2. The molecule has 0 radical (unpaired) electrons. The summed E-state index contributed by atoms with van der Waals surface area (Å²) in [7, 11) is 0. The normalized spacial score (nSPS) is 12.5. The van der Waals surface area contributed by atoms with Gasteiger partial charge in [-0.25, -0.2) is 0 Å². The Labute approximate surface area is 73.5 Å². The molecule has 1 unspecified atom stereocenters. The minimum Gasteiger partial charge on any atom is -0.481 e. The van der Waals surface area contributed by atoms with Crippen molar-refractivity contribution in [2.24, 2.45) is 0 Å². The lowest BCUT2D eigenvalue weighted by atomic mass is 10.2. The van der Waals surface area contributed by atoms with Gasteiger partial charge >= 0.3 is 5.97 Å². The lowest BCUT2D eigenvalue weighted by molar-refractivity contribution is -0.137. The molecule has 0 aromatic heterocycles. The van der Waals surface area contributed by atoms with E-state index in [-0.39, 0.29) is 12.5 Å². The fourth-order valence-corrected chi connectivity index (χ4v) is 0.791. The van der Waals surface area contributed by atoms with E-state index in [2.05, 4.69) is 11.9 Å². The van der Waals surface area contributed by atoms with E-state index in [1.807, 2.05) is 13.8 Å².